The SMILES string of the molecule is OCCCNCc1sc(Sc2ccccc2)nc1Cl. The largest absolute Gasteiger partial charge is 0.396 e. The number of rotatable bonds is 7. The molecule has 0 spiro atoms. The highest BCUT2D eigenvalue weighted by Gasteiger charge is 2.10. The summed E-state index contributed by atoms with van der Waals surface area (Å²) in [5.41, 5.74) is 0. The van der Waals surface area contributed by atoms with Crippen LogP contribution in [0.1, 0.15) is 11.3 Å². The second-order valence-corrected chi connectivity index (χ2v) is 6.63. The van der Waals surface area contributed by atoms with Gasteiger partial charge in [-0.15, -0.1) is 11.3 Å². The van der Waals surface area contributed by atoms with Gasteiger partial charge in [0.2, 0.25) is 0 Å². The molecule has 2 N–H and O–H groups in total. The predicted octanol–water partition coefficient (Wildman–Crippen LogP) is 3.42. The Kier molecular flexibility index (Phi) is 6.13. The quantitative estimate of drug-likeness (QED) is 0.769. The molecule has 2 aromatic rings. The summed E-state index contributed by atoms with van der Waals surface area (Å²) in [5.74, 6) is 0. The summed E-state index contributed by atoms with van der Waals surface area (Å²) in [4.78, 5) is 6.56. The van der Waals surface area contributed by atoms with Crippen LogP contribution in [0.5, 0.6) is 0 Å². The molecule has 6 heteroatoms. The average molecular weight is 315 g/mol. The number of thiazole rings is 1. The molecule has 0 radical (unpaired) electrons. The molecule has 0 aliphatic carbocycles. The van der Waals surface area contributed by atoms with E-state index in [1.54, 1.807) is 23.1 Å². The number of nitrogens with one attached hydrogen (secondary N) is 1. The van der Waals surface area contributed by atoms with Crippen molar-refractivity contribution >= 4 is 34.7 Å². The zero-order valence-electron chi connectivity index (χ0n) is 10.3. The maximum atomic E-state index is 8.71. The third-order valence-corrected chi connectivity index (χ3v) is 4.92. The normalized spacial score (nSPS) is 10.8. The summed E-state index contributed by atoms with van der Waals surface area (Å²) in [7, 11) is 0. The predicted molar refractivity (Wildman–Crippen MR) is 81.1 cm³/mol. The van der Waals surface area contributed by atoms with Crippen molar-refractivity contribution in [2.75, 3.05) is 13.2 Å². The molecule has 19 heavy (non-hydrogen) atoms. The standard InChI is InChI=1S/C13H15ClN2OS2/c14-12-11(9-15-7-4-8-17)19-13(16-12)18-10-5-2-1-3-6-10/h1-3,5-6,15,17H,4,7-9H2. The van der Waals surface area contributed by atoms with Crippen molar-refractivity contribution in [3.63, 3.8) is 0 Å². The van der Waals surface area contributed by atoms with E-state index < -0.39 is 0 Å². The minimum absolute atomic E-state index is 0.207. The van der Waals surface area contributed by atoms with E-state index in [-0.39, 0.29) is 6.61 Å². The molecule has 0 atom stereocenters. The zero-order valence-corrected chi connectivity index (χ0v) is 12.7. The van der Waals surface area contributed by atoms with E-state index in [9.17, 15) is 0 Å². The van der Waals surface area contributed by atoms with Crippen molar-refractivity contribution in [2.24, 2.45) is 0 Å². The first-order chi connectivity index (χ1) is 9.29. The fraction of sp³-hybridized carbons (Fsp3) is 0.308. The van der Waals surface area contributed by atoms with Crippen LogP contribution < -0.4 is 5.32 Å². The highest BCUT2D eigenvalue weighted by Crippen LogP contribution is 2.34. The third kappa shape index (κ3) is 4.78. The van der Waals surface area contributed by atoms with Crippen LogP contribution in [0, 0.1) is 0 Å². The first-order valence-electron chi connectivity index (χ1n) is 5.99. The Hall–Kier alpha value is -0.590. The van der Waals surface area contributed by atoms with Gasteiger partial charge in [-0.1, -0.05) is 41.6 Å². The molecule has 0 saturated carbocycles. The van der Waals surface area contributed by atoms with Gasteiger partial charge in [-0.3, -0.25) is 0 Å². The lowest BCUT2D eigenvalue weighted by molar-refractivity contribution is 0.286. The Labute approximate surface area is 126 Å². The number of aromatic nitrogens is 1. The molecular formula is C13H15ClN2OS2. The Morgan fingerprint density at radius 2 is 2.11 bits per heavy atom. The Bertz CT molecular complexity index is 505. The summed E-state index contributed by atoms with van der Waals surface area (Å²) in [5, 5.41) is 12.5. The maximum absolute atomic E-state index is 8.71. The molecule has 102 valence electrons. The number of aliphatic hydroxyl groups excluding tert-OH is 1. The average Bonchev–Trinajstić information content (AvgIpc) is 2.76. The van der Waals surface area contributed by atoms with E-state index in [2.05, 4.69) is 22.4 Å². The molecule has 0 saturated heterocycles. The second-order valence-electron chi connectivity index (χ2n) is 3.86. The molecular weight excluding hydrogens is 300 g/mol. The van der Waals surface area contributed by atoms with Crippen LogP contribution >= 0.6 is 34.7 Å². The van der Waals surface area contributed by atoms with Gasteiger partial charge in [-0.2, -0.15) is 0 Å². The minimum atomic E-state index is 0.207. The van der Waals surface area contributed by atoms with Crippen LogP contribution in [0.3, 0.4) is 0 Å². The van der Waals surface area contributed by atoms with Crippen molar-refractivity contribution in [1.82, 2.24) is 10.3 Å². The van der Waals surface area contributed by atoms with Gasteiger partial charge in [-0.05, 0) is 25.1 Å². The van der Waals surface area contributed by atoms with Crippen molar-refractivity contribution < 1.29 is 5.11 Å². The van der Waals surface area contributed by atoms with E-state index in [0.717, 1.165) is 27.1 Å². The Morgan fingerprint density at radius 1 is 1.32 bits per heavy atom. The molecule has 0 fully saturated rings. The van der Waals surface area contributed by atoms with Gasteiger partial charge in [0.25, 0.3) is 0 Å². The van der Waals surface area contributed by atoms with Crippen molar-refractivity contribution in [1.29, 1.82) is 0 Å². The fourth-order valence-electron chi connectivity index (χ4n) is 1.46. The van der Waals surface area contributed by atoms with Gasteiger partial charge < -0.3 is 10.4 Å². The number of aliphatic hydroxyl groups is 1. The Morgan fingerprint density at radius 3 is 2.84 bits per heavy atom. The summed E-state index contributed by atoms with van der Waals surface area (Å²) >= 11 is 9.35. The summed E-state index contributed by atoms with van der Waals surface area (Å²) < 4.78 is 0.954. The number of nitrogens with zero attached hydrogens (tertiary/aromatic N) is 1. The fourth-order valence-corrected chi connectivity index (χ4v) is 3.87. The van der Waals surface area contributed by atoms with Crippen LogP contribution in [0.4, 0.5) is 0 Å². The topological polar surface area (TPSA) is 45.1 Å². The van der Waals surface area contributed by atoms with Gasteiger partial charge in [0.05, 0.1) is 4.88 Å². The number of benzene rings is 1. The lowest BCUT2D eigenvalue weighted by Gasteiger charge is -2.00. The monoisotopic (exact) mass is 314 g/mol. The number of hydrogen-bond acceptors (Lipinski definition) is 5. The molecule has 0 aliphatic rings. The van der Waals surface area contributed by atoms with E-state index in [4.69, 9.17) is 16.7 Å². The van der Waals surface area contributed by atoms with Crippen molar-refractivity contribution in [2.45, 2.75) is 22.2 Å². The molecule has 1 aromatic carbocycles. The van der Waals surface area contributed by atoms with Gasteiger partial charge in [0, 0.05) is 18.0 Å². The van der Waals surface area contributed by atoms with Crippen molar-refractivity contribution in [3.8, 4) is 0 Å². The summed E-state index contributed by atoms with van der Waals surface area (Å²) in [6.45, 7) is 1.69. The van der Waals surface area contributed by atoms with Crippen LogP contribution in [0.15, 0.2) is 39.6 Å². The van der Waals surface area contributed by atoms with E-state index in [0.29, 0.717) is 11.7 Å². The van der Waals surface area contributed by atoms with Gasteiger partial charge in [0.15, 0.2) is 4.34 Å². The van der Waals surface area contributed by atoms with E-state index >= 15 is 0 Å². The second kappa shape index (κ2) is 7.87. The lowest BCUT2D eigenvalue weighted by atomic mass is 10.4. The molecule has 0 unspecified atom stereocenters. The first kappa shape index (κ1) is 14.8. The molecule has 3 nitrogen and oxygen atoms in total. The zero-order chi connectivity index (χ0) is 13.5. The highest BCUT2D eigenvalue weighted by molar-refractivity contribution is 8.01. The summed E-state index contributed by atoms with van der Waals surface area (Å²) in [6.07, 6.45) is 0.752. The van der Waals surface area contributed by atoms with Crippen molar-refractivity contribution in [3.05, 3.63) is 40.4 Å². The van der Waals surface area contributed by atoms with Gasteiger partial charge >= 0.3 is 0 Å². The lowest BCUT2D eigenvalue weighted by Crippen LogP contribution is -2.15. The minimum Gasteiger partial charge on any atom is -0.396 e. The van der Waals surface area contributed by atoms with Gasteiger partial charge in [0.1, 0.15) is 5.15 Å². The number of hydrogen-bond donors (Lipinski definition) is 2. The molecule has 0 aliphatic heterocycles. The highest BCUT2D eigenvalue weighted by atomic mass is 35.5. The Balaban J connectivity index is 1.93. The van der Waals surface area contributed by atoms with Crippen LogP contribution in [0.25, 0.3) is 0 Å². The molecule has 0 bridgehead atoms. The van der Waals surface area contributed by atoms with Gasteiger partial charge in [-0.25, -0.2) is 4.98 Å². The van der Waals surface area contributed by atoms with Crippen LogP contribution in [0.2, 0.25) is 5.15 Å². The maximum Gasteiger partial charge on any atom is 0.156 e. The van der Waals surface area contributed by atoms with Crippen LogP contribution in [-0.2, 0) is 6.54 Å². The number of halogens is 1. The molecule has 0 amide bonds. The van der Waals surface area contributed by atoms with Crippen LogP contribution in [-0.4, -0.2) is 23.2 Å². The molecule has 1 aromatic heterocycles. The summed E-state index contributed by atoms with van der Waals surface area (Å²) in [6, 6.07) is 10.1. The molecule has 2 rings (SSSR count). The van der Waals surface area contributed by atoms with E-state index in [1.165, 1.54) is 0 Å². The third-order valence-electron chi connectivity index (χ3n) is 2.38. The first-order valence-corrected chi connectivity index (χ1v) is 8.00. The smallest absolute Gasteiger partial charge is 0.156 e. The molecule has 1 heterocycles. The van der Waals surface area contributed by atoms with E-state index in [1.807, 2.05) is 18.2 Å².